The maximum atomic E-state index is 13.6. The molecule has 0 atom stereocenters. The molecule has 0 saturated carbocycles. The number of rotatable bonds is 9. The van der Waals surface area contributed by atoms with Gasteiger partial charge in [0.05, 0.1) is 24.0 Å². The summed E-state index contributed by atoms with van der Waals surface area (Å²) in [5.74, 6) is 0.337. The molecule has 2 aromatic heterocycles. The first-order valence-corrected chi connectivity index (χ1v) is 11.7. The lowest BCUT2D eigenvalue weighted by Crippen LogP contribution is -2.11. The number of aryl methyl sites for hydroxylation is 1. The first-order valence-electron chi connectivity index (χ1n) is 9.82. The largest absolute Gasteiger partial charge is 0.370 e. The summed E-state index contributed by atoms with van der Waals surface area (Å²) in [6.07, 6.45) is 6.34. The fraction of sp³-hybridized carbons (Fsp3) is 0.227. The molecule has 32 heavy (non-hydrogen) atoms. The number of nitrogens with zero attached hydrogens (tertiary/aromatic N) is 4. The van der Waals surface area contributed by atoms with E-state index in [-0.39, 0.29) is 5.83 Å². The van der Waals surface area contributed by atoms with Gasteiger partial charge in [-0.1, -0.05) is 12.1 Å². The van der Waals surface area contributed by atoms with Crippen molar-refractivity contribution in [3.63, 3.8) is 0 Å². The van der Waals surface area contributed by atoms with Crippen molar-refractivity contribution in [3.8, 4) is 0 Å². The van der Waals surface area contributed by atoms with E-state index in [1.54, 1.807) is 28.9 Å². The van der Waals surface area contributed by atoms with Gasteiger partial charge in [0.15, 0.2) is 5.65 Å². The van der Waals surface area contributed by atoms with Gasteiger partial charge in [0.2, 0.25) is 10.0 Å². The van der Waals surface area contributed by atoms with Crippen LogP contribution in [0.25, 0.3) is 11.2 Å². The molecule has 0 aliphatic carbocycles. The van der Waals surface area contributed by atoms with E-state index in [2.05, 4.69) is 31.8 Å². The van der Waals surface area contributed by atoms with Crippen molar-refractivity contribution in [3.05, 3.63) is 71.5 Å². The molecule has 168 valence electrons. The SMILES string of the molecule is C=N/C=C(\C=C(/C)F)c1cc(NCCc2ccc(NS(C)(=O)=O)cc2)n2ncc(C)c2n1. The Morgan fingerprint density at radius 1 is 1.31 bits per heavy atom. The molecule has 2 N–H and O–H groups in total. The second-order valence-electron chi connectivity index (χ2n) is 7.34. The molecular weight excluding hydrogens is 431 g/mol. The lowest BCUT2D eigenvalue weighted by molar-refractivity contribution is 0.607. The van der Waals surface area contributed by atoms with Gasteiger partial charge in [-0.3, -0.25) is 9.71 Å². The van der Waals surface area contributed by atoms with Crippen LogP contribution in [-0.4, -0.2) is 42.5 Å². The van der Waals surface area contributed by atoms with E-state index in [4.69, 9.17) is 0 Å². The van der Waals surface area contributed by atoms with Crippen molar-refractivity contribution in [2.24, 2.45) is 4.99 Å². The highest BCUT2D eigenvalue weighted by Gasteiger charge is 2.12. The van der Waals surface area contributed by atoms with Gasteiger partial charge < -0.3 is 5.32 Å². The Bertz CT molecular complexity index is 1290. The molecule has 3 rings (SSSR count). The van der Waals surface area contributed by atoms with Crippen LogP contribution in [0.3, 0.4) is 0 Å². The molecule has 0 saturated heterocycles. The van der Waals surface area contributed by atoms with Crippen LogP contribution in [0.5, 0.6) is 0 Å². The average Bonchev–Trinajstić information content (AvgIpc) is 3.08. The summed E-state index contributed by atoms with van der Waals surface area (Å²) in [7, 11) is -3.31. The Balaban J connectivity index is 1.82. The van der Waals surface area contributed by atoms with Gasteiger partial charge in [-0.2, -0.15) is 9.61 Å². The number of allylic oxidation sites excluding steroid dienone is 3. The first kappa shape index (κ1) is 23.1. The van der Waals surface area contributed by atoms with Crippen LogP contribution >= 0.6 is 0 Å². The Hall–Kier alpha value is -3.53. The van der Waals surface area contributed by atoms with Crippen molar-refractivity contribution in [2.45, 2.75) is 20.3 Å². The van der Waals surface area contributed by atoms with Gasteiger partial charge in [-0.25, -0.2) is 17.8 Å². The first-order chi connectivity index (χ1) is 15.2. The fourth-order valence-corrected chi connectivity index (χ4v) is 3.69. The van der Waals surface area contributed by atoms with Gasteiger partial charge in [0.1, 0.15) is 5.82 Å². The van der Waals surface area contributed by atoms with E-state index >= 15 is 0 Å². The molecule has 0 fully saturated rings. The highest BCUT2D eigenvalue weighted by atomic mass is 32.2. The summed E-state index contributed by atoms with van der Waals surface area (Å²) in [6.45, 7) is 7.31. The fourth-order valence-electron chi connectivity index (χ4n) is 3.12. The summed E-state index contributed by atoms with van der Waals surface area (Å²) < 4.78 is 40.4. The molecule has 3 aromatic rings. The van der Waals surface area contributed by atoms with E-state index in [0.29, 0.717) is 41.4 Å². The molecule has 10 heteroatoms. The molecule has 0 radical (unpaired) electrons. The van der Waals surface area contributed by atoms with E-state index < -0.39 is 10.0 Å². The maximum absolute atomic E-state index is 13.6. The number of hydrogen-bond acceptors (Lipinski definition) is 6. The molecule has 0 spiro atoms. The molecule has 0 bridgehead atoms. The zero-order valence-corrected chi connectivity index (χ0v) is 18.9. The van der Waals surface area contributed by atoms with Crippen molar-refractivity contribution in [2.75, 3.05) is 22.8 Å². The van der Waals surface area contributed by atoms with Crippen molar-refractivity contribution >= 4 is 39.5 Å². The lowest BCUT2D eigenvalue weighted by atomic mass is 10.1. The van der Waals surface area contributed by atoms with Crippen molar-refractivity contribution < 1.29 is 12.8 Å². The Kier molecular flexibility index (Phi) is 7.04. The van der Waals surface area contributed by atoms with Gasteiger partial charge in [-0.05, 0) is 50.8 Å². The zero-order valence-electron chi connectivity index (χ0n) is 18.1. The Morgan fingerprint density at radius 3 is 2.66 bits per heavy atom. The van der Waals surface area contributed by atoms with E-state index in [1.807, 2.05) is 19.1 Å². The summed E-state index contributed by atoms with van der Waals surface area (Å²) in [4.78, 5) is 8.38. The third kappa shape index (κ3) is 6.01. The van der Waals surface area contributed by atoms with Crippen LogP contribution in [0.15, 0.2) is 59.6 Å². The molecule has 0 amide bonds. The molecule has 0 aliphatic heterocycles. The topological polar surface area (TPSA) is 101 Å². The predicted molar refractivity (Wildman–Crippen MR) is 127 cm³/mol. The highest BCUT2D eigenvalue weighted by Crippen LogP contribution is 2.23. The highest BCUT2D eigenvalue weighted by molar-refractivity contribution is 7.92. The molecular formula is C22H25FN6O2S. The molecule has 0 aliphatic rings. The summed E-state index contributed by atoms with van der Waals surface area (Å²) in [5.41, 5.74) is 4.13. The number of nitrogens with one attached hydrogen (secondary N) is 2. The summed E-state index contributed by atoms with van der Waals surface area (Å²) >= 11 is 0. The second kappa shape index (κ2) is 9.73. The van der Waals surface area contributed by atoms with Crippen LogP contribution in [0.4, 0.5) is 15.9 Å². The Morgan fingerprint density at radius 2 is 2.03 bits per heavy atom. The summed E-state index contributed by atoms with van der Waals surface area (Å²) in [6, 6.07) is 8.97. The number of sulfonamides is 1. The smallest absolute Gasteiger partial charge is 0.229 e. The number of aromatic nitrogens is 3. The molecule has 2 heterocycles. The third-order valence-electron chi connectivity index (χ3n) is 4.51. The number of hydrogen-bond donors (Lipinski definition) is 2. The number of benzene rings is 1. The predicted octanol–water partition coefficient (Wildman–Crippen LogP) is 3.98. The van der Waals surface area contributed by atoms with E-state index in [9.17, 15) is 12.8 Å². The van der Waals surface area contributed by atoms with Crippen LogP contribution in [0.1, 0.15) is 23.7 Å². The van der Waals surface area contributed by atoms with Gasteiger partial charge in [0.25, 0.3) is 0 Å². The quantitative estimate of drug-likeness (QED) is 0.375. The van der Waals surface area contributed by atoms with Crippen molar-refractivity contribution in [1.82, 2.24) is 14.6 Å². The van der Waals surface area contributed by atoms with E-state index in [0.717, 1.165) is 17.4 Å². The number of anilines is 2. The van der Waals surface area contributed by atoms with Crippen LogP contribution in [-0.2, 0) is 16.4 Å². The van der Waals surface area contributed by atoms with Gasteiger partial charge in [-0.15, -0.1) is 0 Å². The number of halogens is 1. The Labute approximate surface area is 186 Å². The zero-order chi connectivity index (χ0) is 23.3. The van der Waals surface area contributed by atoms with Crippen molar-refractivity contribution in [1.29, 1.82) is 0 Å². The number of fused-ring (bicyclic) bond motifs is 1. The molecule has 8 nitrogen and oxygen atoms in total. The molecule has 0 unspecified atom stereocenters. The van der Waals surface area contributed by atoms with Gasteiger partial charge >= 0.3 is 0 Å². The maximum Gasteiger partial charge on any atom is 0.229 e. The monoisotopic (exact) mass is 456 g/mol. The minimum absolute atomic E-state index is 0.366. The van der Waals surface area contributed by atoms with Crippen LogP contribution in [0, 0.1) is 6.92 Å². The lowest BCUT2D eigenvalue weighted by Gasteiger charge is -2.12. The van der Waals surface area contributed by atoms with Crippen LogP contribution < -0.4 is 10.0 Å². The minimum atomic E-state index is -3.31. The average molecular weight is 457 g/mol. The number of aliphatic imine (C=N–C) groups is 1. The van der Waals surface area contributed by atoms with Gasteiger partial charge in [0, 0.05) is 35.6 Å². The second-order valence-corrected chi connectivity index (χ2v) is 9.08. The standard InChI is InChI=1S/C22H25FN6O2S/c1-15-13-26-29-21(12-20(27-22(15)29)18(14-24-3)11-16(2)23)25-10-9-17-5-7-19(8-6-17)28-32(4,30)31/h5-8,11-14,25,28H,3,9-10H2,1-2,4H3/b16-11+,18-14+. The normalized spacial score (nSPS) is 12.8. The third-order valence-corrected chi connectivity index (χ3v) is 5.11. The van der Waals surface area contributed by atoms with Crippen LogP contribution in [0.2, 0.25) is 0 Å². The minimum Gasteiger partial charge on any atom is -0.370 e. The summed E-state index contributed by atoms with van der Waals surface area (Å²) in [5, 5.41) is 7.73. The molecule has 1 aromatic carbocycles. The van der Waals surface area contributed by atoms with E-state index in [1.165, 1.54) is 19.2 Å².